The van der Waals surface area contributed by atoms with Gasteiger partial charge >= 0.3 is 0 Å². The molecule has 1 heterocycles. The fourth-order valence-electron chi connectivity index (χ4n) is 3.26. The van der Waals surface area contributed by atoms with Gasteiger partial charge in [0.2, 0.25) is 0 Å². The number of carbonyl (C=O) groups excluding carboxylic acids is 2. The molecule has 1 unspecified atom stereocenters. The minimum absolute atomic E-state index is 0.0207. The minimum Gasteiger partial charge on any atom is -0.506 e. The highest BCUT2D eigenvalue weighted by atomic mass is 32.2. The summed E-state index contributed by atoms with van der Waals surface area (Å²) in [5, 5.41) is 19.7. The molecule has 0 fully saturated rings. The van der Waals surface area contributed by atoms with Crippen LogP contribution in [0.25, 0.3) is 0 Å². The fourth-order valence-corrected chi connectivity index (χ4v) is 4.17. The number of fused-ring (bicyclic) bond motifs is 1. The van der Waals surface area contributed by atoms with Gasteiger partial charge in [-0.15, -0.1) is 0 Å². The van der Waals surface area contributed by atoms with E-state index in [0.29, 0.717) is 0 Å². The second-order valence-electron chi connectivity index (χ2n) is 6.67. The van der Waals surface area contributed by atoms with Crippen molar-refractivity contribution in [2.45, 2.75) is 13.0 Å². The summed E-state index contributed by atoms with van der Waals surface area (Å²) in [6.45, 7) is 1.95. The standard InChI is InChI=1S/C19H20N2O7S/c1-3-28-15-8-10(4-6-13(15)22)12(9-29(2,26)27)21-18(24)11-5-7-14(23)17(20)16(11)19(21)25/h4-8,12,22-23H,3,9,20H2,1-2H3. The maximum Gasteiger partial charge on any atom is 0.264 e. The number of ether oxygens (including phenoxy) is 1. The molecule has 3 rings (SSSR count). The Morgan fingerprint density at radius 1 is 1.10 bits per heavy atom. The summed E-state index contributed by atoms with van der Waals surface area (Å²) in [7, 11) is -3.63. The Morgan fingerprint density at radius 2 is 1.76 bits per heavy atom. The molecular formula is C19H20N2O7S. The van der Waals surface area contributed by atoms with Crippen LogP contribution in [0.1, 0.15) is 39.2 Å². The quantitative estimate of drug-likeness (QED) is 0.361. The lowest BCUT2D eigenvalue weighted by Crippen LogP contribution is -2.37. The predicted molar refractivity (Wildman–Crippen MR) is 105 cm³/mol. The molecule has 1 aliphatic rings. The summed E-state index contributed by atoms with van der Waals surface area (Å²) in [5.41, 5.74) is 5.63. The fraction of sp³-hybridized carbons (Fsp3) is 0.263. The molecule has 0 radical (unpaired) electrons. The van der Waals surface area contributed by atoms with Gasteiger partial charge in [-0.05, 0) is 36.8 Å². The summed E-state index contributed by atoms with van der Waals surface area (Å²) < 4.78 is 29.5. The molecule has 2 amide bonds. The molecule has 0 aliphatic carbocycles. The lowest BCUT2D eigenvalue weighted by Gasteiger charge is -2.26. The van der Waals surface area contributed by atoms with E-state index < -0.39 is 33.4 Å². The summed E-state index contributed by atoms with van der Waals surface area (Å²) in [6, 6.07) is 5.38. The number of anilines is 1. The van der Waals surface area contributed by atoms with Gasteiger partial charge in [0.25, 0.3) is 11.8 Å². The van der Waals surface area contributed by atoms with Crippen LogP contribution in [0.4, 0.5) is 5.69 Å². The van der Waals surface area contributed by atoms with Crippen molar-refractivity contribution in [2.75, 3.05) is 24.3 Å². The van der Waals surface area contributed by atoms with Crippen LogP contribution in [0.5, 0.6) is 17.2 Å². The Hall–Kier alpha value is -3.27. The van der Waals surface area contributed by atoms with Crippen molar-refractivity contribution in [1.82, 2.24) is 4.90 Å². The van der Waals surface area contributed by atoms with Crippen molar-refractivity contribution >= 4 is 27.3 Å². The monoisotopic (exact) mass is 420 g/mol. The highest BCUT2D eigenvalue weighted by Crippen LogP contribution is 2.39. The van der Waals surface area contributed by atoms with Crippen molar-refractivity contribution in [1.29, 1.82) is 0 Å². The Bertz CT molecular complexity index is 1110. The van der Waals surface area contributed by atoms with Gasteiger partial charge in [0.05, 0.1) is 35.2 Å². The number of nitrogen functional groups attached to an aromatic ring is 1. The van der Waals surface area contributed by atoms with Gasteiger partial charge in [-0.25, -0.2) is 8.42 Å². The topological polar surface area (TPSA) is 147 Å². The molecule has 9 nitrogen and oxygen atoms in total. The third kappa shape index (κ3) is 3.70. The first-order valence-corrected chi connectivity index (χ1v) is 10.7. The molecular weight excluding hydrogens is 400 g/mol. The second kappa shape index (κ2) is 7.28. The zero-order chi connectivity index (χ0) is 21.5. The van der Waals surface area contributed by atoms with E-state index in [1.54, 1.807) is 6.92 Å². The predicted octanol–water partition coefficient (Wildman–Crippen LogP) is 1.46. The van der Waals surface area contributed by atoms with Gasteiger partial charge in [-0.3, -0.25) is 14.5 Å². The maximum atomic E-state index is 13.0. The number of carbonyl (C=O) groups is 2. The van der Waals surface area contributed by atoms with Crippen LogP contribution in [-0.4, -0.2) is 54.0 Å². The molecule has 0 saturated carbocycles. The lowest BCUT2D eigenvalue weighted by atomic mass is 10.1. The first-order valence-electron chi connectivity index (χ1n) is 8.68. The third-order valence-corrected chi connectivity index (χ3v) is 5.47. The summed E-state index contributed by atoms with van der Waals surface area (Å²) in [5.74, 6) is -2.49. The number of phenolic OH excluding ortho intramolecular Hbond substituents is 2. The number of aromatic hydroxyl groups is 2. The molecule has 1 atom stereocenters. The largest absolute Gasteiger partial charge is 0.506 e. The molecule has 2 aromatic carbocycles. The molecule has 0 bridgehead atoms. The molecule has 2 aromatic rings. The van der Waals surface area contributed by atoms with Crippen LogP contribution < -0.4 is 10.5 Å². The van der Waals surface area contributed by atoms with E-state index >= 15 is 0 Å². The van der Waals surface area contributed by atoms with Crippen LogP contribution in [-0.2, 0) is 9.84 Å². The van der Waals surface area contributed by atoms with E-state index in [1.807, 2.05) is 0 Å². The first kappa shape index (κ1) is 20.5. The second-order valence-corrected chi connectivity index (χ2v) is 8.85. The van der Waals surface area contributed by atoms with Gasteiger partial charge in [0, 0.05) is 6.26 Å². The molecule has 10 heteroatoms. The molecule has 1 aliphatic heterocycles. The average Bonchev–Trinajstić information content (AvgIpc) is 2.88. The Kier molecular flexibility index (Phi) is 5.14. The maximum absolute atomic E-state index is 13.0. The molecule has 0 saturated heterocycles. The zero-order valence-electron chi connectivity index (χ0n) is 15.7. The normalized spacial score (nSPS) is 14.8. The van der Waals surface area contributed by atoms with Crippen molar-refractivity contribution < 1.29 is 33.0 Å². The highest BCUT2D eigenvalue weighted by molar-refractivity contribution is 7.90. The van der Waals surface area contributed by atoms with Crippen LogP contribution in [0.15, 0.2) is 30.3 Å². The number of nitrogens with two attached hydrogens (primary N) is 1. The number of benzene rings is 2. The van der Waals surface area contributed by atoms with E-state index in [0.717, 1.165) is 11.2 Å². The van der Waals surface area contributed by atoms with E-state index in [2.05, 4.69) is 0 Å². The summed E-state index contributed by atoms with van der Waals surface area (Å²) in [6.07, 6.45) is 0.988. The summed E-state index contributed by atoms with van der Waals surface area (Å²) in [4.78, 5) is 26.7. The molecule has 0 spiro atoms. The number of phenols is 2. The SMILES string of the molecule is CCOc1cc(C(CS(C)(=O)=O)N2C(=O)c3ccc(O)c(N)c3C2=O)ccc1O. The third-order valence-electron chi connectivity index (χ3n) is 4.55. The number of amides is 2. The Labute approximate surface area is 167 Å². The van der Waals surface area contributed by atoms with E-state index in [-0.39, 0.29) is 46.2 Å². The van der Waals surface area contributed by atoms with Crippen molar-refractivity contribution in [3.05, 3.63) is 47.0 Å². The van der Waals surface area contributed by atoms with Gasteiger partial charge in [0.1, 0.15) is 15.6 Å². The minimum atomic E-state index is -3.63. The first-order chi connectivity index (χ1) is 13.5. The van der Waals surface area contributed by atoms with Crippen LogP contribution >= 0.6 is 0 Å². The molecule has 4 N–H and O–H groups in total. The van der Waals surface area contributed by atoms with Crippen LogP contribution in [0, 0.1) is 0 Å². The van der Waals surface area contributed by atoms with Crippen molar-refractivity contribution in [3.63, 3.8) is 0 Å². The molecule has 154 valence electrons. The average molecular weight is 420 g/mol. The van der Waals surface area contributed by atoms with Crippen molar-refractivity contribution in [3.8, 4) is 17.2 Å². The number of hydrogen-bond acceptors (Lipinski definition) is 8. The van der Waals surface area contributed by atoms with Crippen LogP contribution in [0.2, 0.25) is 0 Å². The number of sulfone groups is 1. The van der Waals surface area contributed by atoms with E-state index in [1.165, 1.54) is 30.3 Å². The number of rotatable bonds is 6. The zero-order valence-corrected chi connectivity index (χ0v) is 16.6. The molecule has 0 aromatic heterocycles. The van der Waals surface area contributed by atoms with Gasteiger partial charge in [-0.1, -0.05) is 6.07 Å². The van der Waals surface area contributed by atoms with Gasteiger partial charge < -0.3 is 20.7 Å². The number of imide groups is 1. The van der Waals surface area contributed by atoms with Gasteiger partial charge in [-0.2, -0.15) is 0 Å². The van der Waals surface area contributed by atoms with E-state index in [9.17, 15) is 28.2 Å². The van der Waals surface area contributed by atoms with E-state index in [4.69, 9.17) is 10.5 Å². The summed E-state index contributed by atoms with van der Waals surface area (Å²) >= 11 is 0. The molecule has 29 heavy (non-hydrogen) atoms. The van der Waals surface area contributed by atoms with Gasteiger partial charge in [0.15, 0.2) is 11.5 Å². The smallest absolute Gasteiger partial charge is 0.264 e. The highest BCUT2D eigenvalue weighted by Gasteiger charge is 2.43. The van der Waals surface area contributed by atoms with Crippen LogP contribution in [0.3, 0.4) is 0 Å². The van der Waals surface area contributed by atoms with Crippen molar-refractivity contribution in [2.24, 2.45) is 0 Å². The number of hydrogen-bond donors (Lipinski definition) is 3. The number of nitrogens with zero attached hydrogens (tertiary/aromatic N) is 1. The Balaban J connectivity index is 2.14. The lowest BCUT2D eigenvalue weighted by molar-refractivity contribution is 0.0597. The Morgan fingerprint density at radius 3 is 2.38 bits per heavy atom.